The van der Waals surface area contributed by atoms with Crippen molar-refractivity contribution in [2.45, 2.75) is 79.1 Å². The van der Waals surface area contributed by atoms with Crippen LogP contribution < -0.4 is 20.4 Å². The molecule has 0 saturated carbocycles. The van der Waals surface area contributed by atoms with Gasteiger partial charge in [0.15, 0.2) is 0 Å². The van der Waals surface area contributed by atoms with Crippen molar-refractivity contribution in [2.75, 3.05) is 0 Å². The van der Waals surface area contributed by atoms with E-state index in [1.807, 2.05) is 0 Å². The molecule has 0 aliphatic rings. The molecule has 0 amide bonds. The van der Waals surface area contributed by atoms with E-state index < -0.39 is 23.9 Å². The largest absolute Gasteiger partial charge is 0.550 e. The first-order valence-corrected chi connectivity index (χ1v) is 9.28. The molecule has 188 valence electrons. The van der Waals surface area contributed by atoms with Gasteiger partial charge in [-0.3, -0.25) is 0 Å². The number of carboxylic acids is 4. The summed E-state index contributed by atoms with van der Waals surface area (Å²) in [6.07, 6.45) is -0.287. The third-order valence-corrected chi connectivity index (χ3v) is 2.72. The molecule has 0 fully saturated rings. The van der Waals surface area contributed by atoms with Gasteiger partial charge in [0, 0.05) is 76.9 Å². The monoisotopic (exact) mass is 668 g/mol. The van der Waals surface area contributed by atoms with E-state index in [0.717, 1.165) is 0 Å². The second-order valence-electron chi connectivity index (χ2n) is 6.30. The average Bonchev–Trinajstić information content (AvgIpc) is 2.63. The van der Waals surface area contributed by atoms with Crippen LogP contribution in [0, 0.1) is 0 Å². The van der Waals surface area contributed by atoms with Crippen LogP contribution in [0.2, 0.25) is 0 Å². The van der Waals surface area contributed by atoms with Crippen LogP contribution in [0.5, 0.6) is 0 Å². The molecule has 0 heterocycles. The molecule has 33 heavy (non-hydrogen) atoms. The van der Waals surface area contributed by atoms with E-state index >= 15 is 0 Å². The Labute approximate surface area is 211 Å². The minimum atomic E-state index is -1.17. The van der Waals surface area contributed by atoms with Gasteiger partial charge in [0.05, 0.1) is 0 Å². The molecule has 4 radical (unpaired) electrons. The Morgan fingerprint density at radius 3 is 0.515 bits per heavy atom. The minimum absolute atomic E-state index is 0. The van der Waals surface area contributed by atoms with Crippen LogP contribution in [0.15, 0.2) is 0 Å². The summed E-state index contributed by atoms with van der Waals surface area (Å²) in [6, 6.07) is 0. The van der Waals surface area contributed by atoms with Gasteiger partial charge in [-0.25, -0.2) is 0 Å². The fourth-order valence-electron chi connectivity index (χ4n) is 1.11. The molecule has 12 nitrogen and oxygen atoms in total. The van der Waals surface area contributed by atoms with Crippen molar-refractivity contribution in [1.82, 2.24) is 0 Å². The fourth-order valence-corrected chi connectivity index (χ4v) is 1.11. The Morgan fingerprint density at radius 1 is 0.364 bits per heavy atom. The molecule has 13 heteroatoms. The number of hydrogen-bond donors (Lipinski definition) is 0. The molecule has 0 spiro atoms. The van der Waals surface area contributed by atoms with Crippen molar-refractivity contribution in [2.24, 2.45) is 0 Å². The SMILES string of the molecule is CC(=O)CCC(=O)[O-].CC(=O)CCC(=O)[O-].CC(=O)CCC(=O)[O-].CC(=O)CCC(=O)[O-].[Pb]. The van der Waals surface area contributed by atoms with E-state index in [1.54, 1.807) is 0 Å². The predicted octanol–water partition coefficient (Wildman–Crippen LogP) is -3.96. The van der Waals surface area contributed by atoms with Gasteiger partial charge in [0.25, 0.3) is 0 Å². The van der Waals surface area contributed by atoms with Gasteiger partial charge in [0.1, 0.15) is 23.1 Å². The summed E-state index contributed by atoms with van der Waals surface area (Å²) in [6.45, 7) is 5.40. The molecule has 0 atom stereocenters. The van der Waals surface area contributed by atoms with E-state index in [2.05, 4.69) is 0 Å². The van der Waals surface area contributed by atoms with E-state index in [0.29, 0.717) is 0 Å². The van der Waals surface area contributed by atoms with Gasteiger partial charge in [-0.2, -0.15) is 0 Å². The molecule has 0 aliphatic heterocycles. The summed E-state index contributed by atoms with van der Waals surface area (Å²) >= 11 is 0. The number of ketones is 4. The van der Waals surface area contributed by atoms with Gasteiger partial charge in [-0.15, -0.1) is 0 Å². The van der Waals surface area contributed by atoms with Crippen molar-refractivity contribution in [1.29, 1.82) is 0 Å². The van der Waals surface area contributed by atoms with Gasteiger partial charge in [-0.1, -0.05) is 0 Å². The maximum absolute atomic E-state index is 10.1. The summed E-state index contributed by atoms with van der Waals surface area (Å²) < 4.78 is 0. The molecule has 0 bridgehead atoms. The number of aliphatic carboxylic acids is 4. The van der Waals surface area contributed by atoms with E-state index in [1.165, 1.54) is 27.7 Å². The first-order valence-electron chi connectivity index (χ1n) is 9.28. The first-order chi connectivity index (χ1) is 14.5. The number of Topliss-reactive ketones (excluding diaryl/α,β-unsaturated/α-hetero) is 4. The Kier molecular flexibility index (Phi) is 34.0. The third-order valence-electron chi connectivity index (χ3n) is 2.72. The van der Waals surface area contributed by atoms with Crippen molar-refractivity contribution in [3.8, 4) is 0 Å². The summed E-state index contributed by atoms with van der Waals surface area (Å²) in [7, 11) is 0. The predicted molar refractivity (Wildman–Crippen MR) is 105 cm³/mol. The molecular weight excluding hydrogens is 639 g/mol. The number of carbonyl (C=O) groups is 8. The normalized spacial score (nSPS) is 8.36. The van der Waals surface area contributed by atoms with Crippen molar-refractivity contribution in [3.63, 3.8) is 0 Å². The second-order valence-corrected chi connectivity index (χ2v) is 6.30. The maximum Gasteiger partial charge on any atom is 0.130 e. The van der Waals surface area contributed by atoms with Gasteiger partial charge < -0.3 is 58.8 Å². The quantitative estimate of drug-likeness (QED) is 0.182. The van der Waals surface area contributed by atoms with E-state index in [-0.39, 0.29) is 102 Å². The van der Waals surface area contributed by atoms with Crippen LogP contribution in [-0.2, 0) is 38.4 Å². The molecular formula is C20H28O12Pb-4. The molecule has 0 saturated heterocycles. The summed E-state index contributed by atoms with van der Waals surface area (Å²) in [4.78, 5) is 78.8. The molecule has 0 aromatic rings. The zero-order valence-electron chi connectivity index (χ0n) is 19.1. The van der Waals surface area contributed by atoms with Crippen LogP contribution in [-0.4, -0.2) is 74.3 Å². The van der Waals surface area contributed by atoms with Crippen molar-refractivity contribution >= 4 is 74.3 Å². The van der Waals surface area contributed by atoms with Crippen molar-refractivity contribution in [3.05, 3.63) is 0 Å². The maximum atomic E-state index is 10.1. The van der Waals surface area contributed by atoms with E-state index in [9.17, 15) is 58.8 Å². The molecule has 0 aliphatic carbocycles. The summed E-state index contributed by atoms with van der Waals surface area (Å²) in [5, 5.41) is 38.6. The molecule has 0 unspecified atom stereocenters. The van der Waals surface area contributed by atoms with Gasteiger partial charge in [0.2, 0.25) is 0 Å². The van der Waals surface area contributed by atoms with Crippen LogP contribution in [0.25, 0.3) is 0 Å². The van der Waals surface area contributed by atoms with E-state index in [4.69, 9.17) is 0 Å². The number of carbonyl (C=O) groups excluding carboxylic acids is 8. The van der Waals surface area contributed by atoms with Crippen LogP contribution in [0.4, 0.5) is 0 Å². The molecule has 0 aromatic heterocycles. The molecule has 0 N–H and O–H groups in total. The smallest absolute Gasteiger partial charge is 0.130 e. The Balaban J connectivity index is -0.000000105. The summed E-state index contributed by atoms with van der Waals surface area (Å²) in [5.41, 5.74) is 0. The number of rotatable bonds is 12. The fraction of sp³-hybridized carbons (Fsp3) is 0.600. The van der Waals surface area contributed by atoms with Gasteiger partial charge >= 0.3 is 0 Å². The minimum Gasteiger partial charge on any atom is -0.550 e. The van der Waals surface area contributed by atoms with Crippen molar-refractivity contribution < 1.29 is 58.8 Å². The van der Waals surface area contributed by atoms with Gasteiger partial charge in [-0.05, 0) is 53.4 Å². The molecule has 0 rings (SSSR count). The zero-order valence-corrected chi connectivity index (χ0v) is 22.9. The average molecular weight is 668 g/mol. The third kappa shape index (κ3) is 72.9. The van der Waals surface area contributed by atoms with Crippen LogP contribution >= 0.6 is 0 Å². The topological polar surface area (TPSA) is 229 Å². The number of hydrogen-bond acceptors (Lipinski definition) is 12. The first kappa shape index (κ1) is 40.8. The Hall–Kier alpha value is -2.52. The van der Waals surface area contributed by atoms with Crippen LogP contribution in [0.3, 0.4) is 0 Å². The zero-order chi connectivity index (χ0) is 26.3. The summed E-state index contributed by atoms with van der Waals surface area (Å²) in [5.74, 6) is -5.13. The Bertz CT molecular complexity index is 487. The second kappa shape index (κ2) is 27.5. The number of carboxylic acid groups (broad SMARTS) is 4. The van der Waals surface area contributed by atoms with Crippen LogP contribution in [0.1, 0.15) is 79.1 Å². The molecule has 0 aromatic carbocycles. The standard InChI is InChI=1S/4C5H8O3.Pb/c4*1-4(6)2-3-5(7)8;/h4*2-3H2,1H3,(H,7,8);/p-4. The Morgan fingerprint density at radius 2 is 0.485 bits per heavy atom.